The van der Waals surface area contributed by atoms with Crippen LogP contribution in [0.15, 0.2) is 4.47 Å². The molecule has 104 valence electrons. The summed E-state index contributed by atoms with van der Waals surface area (Å²) in [5.74, 6) is 0. The van der Waals surface area contributed by atoms with Crippen LogP contribution in [0.5, 0.6) is 0 Å². The zero-order valence-electron chi connectivity index (χ0n) is 11.8. The first-order chi connectivity index (χ1) is 8.67. The molecule has 1 N–H and O–H groups in total. The minimum Gasteiger partial charge on any atom is -0.383 e. The van der Waals surface area contributed by atoms with Crippen molar-refractivity contribution in [2.24, 2.45) is 0 Å². The highest BCUT2D eigenvalue weighted by Crippen LogP contribution is 2.23. The van der Waals surface area contributed by atoms with Gasteiger partial charge in [0.25, 0.3) is 0 Å². The van der Waals surface area contributed by atoms with E-state index in [0.717, 1.165) is 42.7 Å². The highest BCUT2D eigenvalue weighted by molar-refractivity contribution is 9.10. The molecule has 1 rings (SSSR count). The summed E-state index contributed by atoms with van der Waals surface area (Å²) in [6.07, 6.45) is 1.89. The second-order valence-corrected chi connectivity index (χ2v) is 5.08. The number of aryl methyl sites for hydroxylation is 2. The summed E-state index contributed by atoms with van der Waals surface area (Å²) in [4.78, 5) is 0. The first kappa shape index (κ1) is 15.7. The molecule has 0 spiro atoms. The SMILES string of the molecule is CCNC(COC)Cc1c(Br)c(CC)nn1CC. The quantitative estimate of drug-likeness (QED) is 0.800. The normalized spacial score (nSPS) is 12.9. The number of nitrogens with zero attached hydrogens (tertiary/aromatic N) is 2. The average molecular weight is 318 g/mol. The van der Waals surface area contributed by atoms with Crippen LogP contribution in [0.4, 0.5) is 0 Å². The number of halogens is 1. The van der Waals surface area contributed by atoms with Crippen molar-refractivity contribution in [2.45, 2.75) is 46.2 Å². The summed E-state index contributed by atoms with van der Waals surface area (Å²) in [6.45, 7) is 8.95. The van der Waals surface area contributed by atoms with Crippen molar-refractivity contribution in [3.05, 3.63) is 15.9 Å². The van der Waals surface area contributed by atoms with Crippen molar-refractivity contribution in [2.75, 3.05) is 20.3 Å². The Kier molecular flexibility index (Phi) is 6.89. The standard InChI is InChI=1S/C13H24BrN3O/c1-5-11-13(14)12(17(7-3)16-11)8-10(9-18-4)15-6-2/h10,15H,5-9H2,1-4H3. The van der Waals surface area contributed by atoms with E-state index in [1.54, 1.807) is 7.11 Å². The Balaban J connectivity index is 2.89. The lowest BCUT2D eigenvalue weighted by molar-refractivity contribution is 0.166. The Morgan fingerprint density at radius 3 is 2.61 bits per heavy atom. The van der Waals surface area contributed by atoms with E-state index < -0.39 is 0 Å². The number of rotatable bonds is 8. The monoisotopic (exact) mass is 317 g/mol. The number of nitrogens with one attached hydrogen (secondary N) is 1. The largest absolute Gasteiger partial charge is 0.383 e. The summed E-state index contributed by atoms with van der Waals surface area (Å²) in [7, 11) is 1.74. The van der Waals surface area contributed by atoms with Gasteiger partial charge in [-0.05, 0) is 35.8 Å². The fraction of sp³-hybridized carbons (Fsp3) is 0.769. The molecule has 1 heterocycles. The zero-order valence-corrected chi connectivity index (χ0v) is 13.4. The fourth-order valence-electron chi connectivity index (χ4n) is 2.13. The molecular formula is C13H24BrN3O. The first-order valence-electron chi connectivity index (χ1n) is 6.64. The highest BCUT2D eigenvalue weighted by Gasteiger charge is 2.18. The molecule has 0 saturated heterocycles. The lowest BCUT2D eigenvalue weighted by atomic mass is 10.1. The summed E-state index contributed by atoms with van der Waals surface area (Å²) in [6, 6.07) is 0.336. The number of hydrogen-bond acceptors (Lipinski definition) is 3. The Bertz CT molecular complexity index is 359. The predicted molar refractivity (Wildman–Crippen MR) is 78.0 cm³/mol. The van der Waals surface area contributed by atoms with Gasteiger partial charge in [-0.25, -0.2) is 0 Å². The molecule has 1 unspecified atom stereocenters. The van der Waals surface area contributed by atoms with Gasteiger partial charge >= 0.3 is 0 Å². The van der Waals surface area contributed by atoms with Gasteiger partial charge in [0.2, 0.25) is 0 Å². The minimum absolute atomic E-state index is 0.336. The molecule has 1 aromatic heterocycles. The maximum Gasteiger partial charge on any atom is 0.0766 e. The summed E-state index contributed by atoms with van der Waals surface area (Å²) in [5, 5.41) is 8.07. The molecule has 4 nitrogen and oxygen atoms in total. The van der Waals surface area contributed by atoms with E-state index in [1.165, 1.54) is 5.69 Å². The van der Waals surface area contributed by atoms with E-state index in [0.29, 0.717) is 6.04 Å². The van der Waals surface area contributed by atoms with E-state index in [2.05, 4.69) is 51.8 Å². The maximum atomic E-state index is 5.27. The number of aromatic nitrogens is 2. The number of hydrogen-bond donors (Lipinski definition) is 1. The maximum absolute atomic E-state index is 5.27. The molecule has 0 amide bonds. The topological polar surface area (TPSA) is 39.1 Å². The Labute approximate surface area is 118 Å². The minimum atomic E-state index is 0.336. The molecule has 0 aliphatic heterocycles. The number of ether oxygens (including phenoxy) is 1. The van der Waals surface area contributed by atoms with E-state index >= 15 is 0 Å². The van der Waals surface area contributed by atoms with Crippen LogP contribution in [-0.2, 0) is 24.1 Å². The average Bonchev–Trinajstić information content (AvgIpc) is 2.67. The molecule has 1 aromatic rings. The molecule has 1 atom stereocenters. The van der Waals surface area contributed by atoms with E-state index in [4.69, 9.17) is 4.74 Å². The summed E-state index contributed by atoms with van der Waals surface area (Å²) in [5.41, 5.74) is 2.40. The molecule has 18 heavy (non-hydrogen) atoms. The van der Waals surface area contributed by atoms with Crippen molar-refractivity contribution in [3.8, 4) is 0 Å². The number of methoxy groups -OCH3 is 1. The van der Waals surface area contributed by atoms with Gasteiger partial charge in [-0.2, -0.15) is 5.10 Å². The Hall–Kier alpha value is -0.390. The zero-order chi connectivity index (χ0) is 13.5. The van der Waals surface area contributed by atoms with Crippen molar-refractivity contribution < 1.29 is 4.74 Å². The third-order valence-electron chi connectivity index (χ3n) is 2.99. The molecule has 0 radical (unpaired) electrons. The van der Waals surface area contributed by atoms with Gasteiger partial charge in [0, 0.05) is 26.1 Å². The van der Waals surface area contributed by atoms with Gasteiger partial charge in [-0.3, -0.25) is 4.68 Å². The van der Waals surface area contributed by atoms with Gasteiger partial charge < -0.3 is 10.1 Å². The van der Waals surface area contributed by atoms with Crippen LogP contribution in [-0.4, -0.2) is 36.1 Å². The van der Waals surface area contributed by atoms with Crippen molar-refractivity contribution in [1.29, 1.82) is 0 Å². The molecular weight excluding hydrogens is 294 g/mol. The first-order valence-corrected chi connectivity index (χ1v) is 7.43. The van der Waals surface area contributed by atoms with Gasteiger partial charge in [0.1, 0.15) is 0 Å². The summed E-state index contributed by atoms with van der Waals surface area (Å²) < 4.78 is 8.51. The predicted octanol–water partition coefficient (Wildman–Crippen LogP) is 2.39. The molecule has 0 saturated carbocycles. The highest BCUT2D eigenvalue weighted by atomic mass is 79.9. The Morgan fingerprint density at radius 2 is 2.11 bits per heavy atom. The second kappa shape index (κ2) is 7.92. The van der Waals surface area contributed by atoms with Crippen LogP contribution in [0.25, 0.3) is 0 Å². The lowest BCUT2D eigenvalue weighted by Crippen LogP contribution is -2.35. The molecule has 0 aromatic carbocycles. The van der Waals surface area contributed by atoms with Crippen molar-refractivity contribution in [3.63, 3.8) is 0 Å². The smallest absolute Gasteiger partial charge is 0.0766 e. The van der Waals surface area contributed by atoms with Crippen LogP contribution >= 0.6 is 15.9 Å². The van der Waals surface area contributed by atoms with Gasteiger partial charge in [0.05, 0.1) is 22.5 Å². The molecule has 0 bridgehead atoms. The van der Waals surface area contributed by atoms with Crippen molar-refractivity contribution >= 4 is 15.9 Å². The molecule has 0 aliphatic carbocycles. The number of likely N-dealkylation sites (N-methyl/N-ethyl adjacent to an activating group) is 1. The fourth-order valence-corrected chi connectivity index (χ4v) is 2.85. The van der Waals surface area contributed by atoms with E-state index in [9.17, 15) is 0 Å². The summed E-state index contributed by atoms with van der Waals surface area (Å²) >= 11 is 3.68. The molecule has 0 aliphatic rings. The van der Waals surface area contributed by atoms with Crippen LogP contribution in [0.1, 0.15) is 32.2 Å². The van der Waals surface area contributed by atoms with Crippen LogP contribution < -0.4 is 5.32 Å². The van der Waals surface area contributed by atoms with E-state index in [-0.39, 0.29) is 0 Å². The van der Waals surface area contributed by atoms with Crippen LogP contribution in [0, 0.1) is 0 Å². The Morgan fingerprint density at radius 1 is 1.39 bits per heavy atom. The van der Waals surface area contributed by atoms with Gasteiger partial charge in [0.15, 0.2) is 0 Å². The third-order valence-corrected chi connectivity index (χ3v) is 3.91. The van der Waals surface area contributed by atoms with Crippen LogP contribution in [0.2, 0.25) is 0 Å². The van der Waals surface area contributed by atoms with E-state index in [1.807, 2.05) is 0 Å². The van der Waals surface area contributed by atoms with Gasteiger partial charge in [-0.1, -0.05) is 13.8 Å². The molecule has 5 heteroatoms. The lowest BCUT2D eigenvalue weighted by Gasteiger charge is -2.17. The van der Waals surface area contributed by atoms with Crippen molar-refractivity contribution in [1.82, 2.24) is 15.1 Å². The van der Waals surface area contributed by atoms with Gasteiger partial charge in [-0.15, -0.1) is 0 Å². The molecule has 0 fully saturated rings. The van der Waals surface area contributed by atoms with Crippen LogP contribution in [0.3, 0.4) is 0 Å². The second-order valence-electron chi connectivity index (χ2n) is 4.29. The third kappa shape index (κ3) is 3.80.